The van der Waals surface area contributed by atoms with Gasteiger partial charge in [-0.25, -0.2) is 0 Å². The first-order valence-corrected chi connectivity index (χ1v) is 7.76. The van der Waals surface area contributed by atoms with E-state index >= 15 is 0 Å². The van der Waals surface area contributed by atoms with E-state index in [9.17, 15) is 0 Å². The molecule has 100 valence electrons. The zero-order valence-electron chi connectivity index (χ0n) is 11.6. The van der Waals surface area contributed by atoms with Crippen LogP contribution in [0, 0.1) is 0 Å². The van der Waals surface area contributed by atoms with Gasteiger partial charge in [0.05, 0.1) is 0 Å². The van der Waals surface area contributed by atoms with Crippen LogP contribution in [0.4, 0.5) is 0 Å². The molecule has 2 rings (SSSR count). The minimum Gasteiger partial charge on any atom is -0.313 e. The molecular formula is C17H21NS. The van der Waals surface area contributed by atoms with Crippen LogP contribution in [0.5, 0.6) is 0 Å². The van der Waals surface area contributed by atoms with Crippen molar-refractivity contribution in [3.63, 3.8) is 0 Å². The Hall–Kier alpha value is -1.25. The molecule has 0 saturated carbocycles. The SMILES string of the molecule is CCC(NC)c1ccc(SCc2ccccc2)cc1. The molecule has 0 aliphatic rings. The molecule has 0 amide bonds. The van der Waals surface area contributed by atoms with Crippen molar-refractivity contribution in [1.29, 1.82) is 0 Å². The molecule has 1 N–H and O–H groups in total. The summed E-state index contributed by atoms with van der Waals surface area (Å²) < 4.78 is 0. The van der Waals surface area contributed by atoms with E-state index in [1.165, 1.54) is 16.0 Å². The van der Waals surface area contributed by atoms with Crippen molar-refractivity contribution in [3.05, 3.63) is 65.7 Å². The molecule has 0 aromatic heterocycles. The number of nitrogens with one attached hydrogen (secondary N) is 1. The Morgan fingerprint density at radius 2 is 1.68 bits per heavy atom. The van der Waals surface area contributed by atoms with Crippen molar-refractivity contribution in [2.45, 2.75) is 30.0 Å². The van der Waals surface area contributed by atoms with Crippen molar-refractivity contribution in [1.82, 2.24) is 5.32 Å². The average molecular weight is 271 g/mol. The van der Waals surface area contributed by atoms with E-state index in [2.05, 4.69) is 66.8 Å². The highest BCUT2D eigenvalue weighted by Crippen LogP contribution is 2.25. The van der Waals surface area contributed by atoms with Crippen LogP contribution in [-0.2, 0) is 5.75 Å². The van der Waals surface area contributed by atoms with Crippen molar-refractivity contribution in [3.8, 4) is 0 Å². The van der Waals surface area contributed by atoms with E-state index in [-0.39, 0.29) is 0 Å². The molecule has 19 heavy (non-hydrogen) atoms. The average Bonchev–Trinajstić information content (AvgIpc) is 2.49. The molecule has 0 heterocycles. The van der Waals surface area contributed by atoms with E-state index < -0.39 is 0 Å². The zero-order chi connectivity index (χ0) is 13.5. The van der Waals surface area contributed by atoms with E-state index in [1.54, 1.807) is 0 Å². The number of thioether (sulfide) groups is 1. The lowest BCUT2D eigenvalue weighted by Crippen LogP contribution is -2.14. The Kier molecular flexibility index (Phi) is 5.49. The number of hydrogen-bond donors (Lipinski definition) is 1. The second-order valence-corrected chi connectivity index (χ2v) is 5.64. The highest BCUT2D eigenvalue weighted by atomic mass is 32.2. The van der Waals surface area contributed by atoms with Crippen molar-refractivity contribution in [2.24, 2.45) is 0 Å². The molecule has 0 radical (unpaired) electrons. The minimum atomic E-state index is 0.466. The van der Waals surface area contributed by atoms with E-state index in [0.717, 1.165) is 12.2 Å². The van der Waals surface area contributed by atoms with E-state index in [4.69, 9.17) is 0 Å². The Morgan fingerprint density at radius 3 is 2.26 bits per heavy atom. The Labute approximate surface area is 120 Å². The molecule has 0 aliphatic carbocycles. The second-order valence-electron chi connectivity index (χ2n) is 4.59. The largest absolute Gasteiger partial charge is 0.313 e. The summed E-state index contributed by atoms with van der Waals surface area (Å²) in [5.74, 6) is 1.03. The van der Waals surface area contributed by atoms with Crippen LogP contribution in [0.25, 0.3) is 0 Å². The van der Waals surface area contributed by atoms with E-state index in [0.29, 0.717) is 6.04 Å². The summed E-state index contributed by atoms with van der Waals surface area (Å²) in [5, 5.41) is 3.34. The van der Waals surface area contributed by atoms with Gasteiger partial charge < -0.3 is 5.32 Å². The predicted molar refractivity (Wildman–Crippen MR) is 84.5 cm³/mol. The predicted octanol–water partition coefficient (Wildman–Crippen LogP) is 4.65. The van der Waals surface area contributed by atoms with Gasteiger partial charge in [0.15, 0.2) is 0 Å². The van der Waals surface area contributed by atoms with Gasteiger partial charge >= 0.3 is 0 Å². The molecule has 0 aliphatic heterocycles. The lowest BCUT2D eigenvalue weighted by atomic mass is 10.1. The van der Waals surface area contributed by atoms with Gasteiger partial charge in [0.1, 0.15) is 0 Å². The molecule has 0 saturated heterocycles. The zero-order valence-corrected chi connectivity index (χ0v) is 12.4. The number of hydrogen-bond acceptors (Lipinski definition) is 2. The summed E-state index contributed by atoms with van der Waals surface area (Å²) in [4.78, 5) is 1.33. The summed E-state index contributed by atoms with van der Waals surface area (Å²) in [6.07, 6.45) is 1.12. The minimum absolute atomic E-state index is 0.466. The molecule has 1 nitrogen and oxygen atoms in total. The number of rotatable bonds is 6. The fraction of sp³-hybridized carbons (Fsp3) is 0.294. The molecule has 0 spiro atoms. The van der Waals surface area contributed by atoms with Crippen LogP contribution in [0.1, 0.15) is 30.5 Å². The summed E-state index contributed by atoms with van der Waals surface area (Å²) >= 11 is 1.89. The van der Waals surface area contributed by atoms with Gasteiger partial charge in [0.2, 0.25) is 0 Å². The molecule has 1 unspecified atom stereocenters. The first-order chi connectivity index (χ1) is 9.33. The summed E-state index contributed by atoms with van der Waals surface area (Å²) in [6.45, 7) is 2.21. The van der Waals surface area contributed by atoms with Crippen molar-refractivity contribution >= 4 is 11.8 Å². The maximum atomic E-state index is 3.34. The van der Waals surface area contributed by atoms with Crippen LogP contribution in [0.2, 0.25) is 0 Å². The van der Waals surface area contributed by atoms with Gasteiger partial charge in [-0.1, -0.05) is 49.4 Å². The van der Waals surface area contributed by atoms with Crippen LogP contribution in [0.3, 0.4) is 0 Å². The lowest BCUT2D eigenvalue weighted by molar-refractivity contribution is 0.576. The van der Waals surface area contributed by atoms with Gasteiger partial charge in [-0.15, -0.1) is 11.8 Å². The number of benzene rings is 2. The molecular weight excluding hydrogens is 250 g/mol. The summed E-state index contributed by atoms with van der Waals surface area (Å²) in [6, 6.07) is 20.0. The summed E-state index contributed by atoms with van der Waals surface area (Å²) in [5.41, 5.74) is 2.74. The third-order valence-corrected chi connectivity index (χ3v) is 4.37. The van der Waals surface area contributed by atoms with Gasteiger partial charge in [-0.3, -0.25) is 0 Å². The Bertz CT molecular complexity index is 474. The van der Waals surface area contributed by atoms with Crippen LogP contribution in [-0.4, -0.2) is 7.05 Å². The highest BCUT2D eigenvalue weighted by Gasteiger charge is 2.05. The third kappa shape index (κ3) is 4.12. The first-order valence-electron chi connectivity index (χ1n) is 6.77. The smallest absolute Gasteiger partial charge is 0.0314 e. The third-order valence-electron chi connectivity index (χ3n) is 3.29. The molecule has 0 bridgehead atoms. The Morgan fingerprint density at radius 1 is 1.00 bits per heavy atom. The van der Waals surface area contributed by atoms with Crippen LogP contribution >= 0.6 is 11.8 Å². The van der Waals surface area contributed by atoms with Gasteiger partial charge in [0, 0.05) is 16.7 Å². The van der Waals surface area contributed by atoms with Crippen LogP contribution in [0.15, 0.2) is 59.5 Å². The first kappa shape index (κ1) is 14.2. The standard InChI is InChI=1S/C17H21NS/c1-3-17(18-2)15-9-11-16(12-10-15)19-13-14-7-5-4-6-8-14/h4-12,17-18H,3,13H2,1-2H3. The molecule has 2 heteroatoms. The van der Waals surface area contributed by atoms with Crippen molar-refractivity contribution in [2.75, 3.05) is 7.05 Å². The fourth-order valence-corrected chi connectivity index (χ4v) is 3.00. The lowest BCUT2D eigenvalue weighted by Gasteiger charge is -2.14. The molecule has 2 aromatic rings. The van der Waals surface area contributed by atoms with Crippen LogP contribution < -0.4 is 5.32 Å². The second kappa shape index (κ2) is 7.37. The summed E-state index contributed by atoms with van der Waals surface area (Å²) in [7, 11) is 2.02. The normalized spacial score (nSPS) is 12.3. The van der Waals surface area contributed by atoms with Crippen molar-refractivity contribution < 1.29 is 0 Å². The van der Waals surface area contributed by atoms with Gasteiger partial charge in [-0.2, -0.15) is 0 Å². The quantitative estimate of drug-likeness (QED) is 0.768. The Balaban J connectivity index is 1.95. The molecule has 1 atom stereocenters. The molecule has 2 aromatic carbocycles. The highest BCUT2D eigenvalue weighted by molar-refractivity contribution is 7.98. The monoisotopic (exact) mass is 271 g/mol. The van der Waals surface area contributed by atoms with Gasteiger partial charge in [0.25, 0.3) is 0 Å². The topological polar surface area (TPSA) is 12.0 Å². The van der Waals surface area contributed by atoms with Gasteiger partial charge in [-0.05, 0) is 36.7 Å². The van der Waals surface area contributed by atoms with E-state index in [1.807, 2.05) is 18.8 Å². The fourth-order valence-electron chi connectivity index (χ4n) is 2.14. The maximum absolute atomic E-state index is 3.34. The maximum Gasteiger partial charge on any atom is 0.0314 e. The molecule has 0 fully saturated rings.